The molecule has 1 aliphatic rings. The molecule has 0 heterocycles. The van der Waals surface area contributed by atoms with E-state index < -0.39 is 0 Å². The van der Waals surface area contributed by atoms with Crippen LogP contribution in [0.1, 0.15) is 26.2 Å². The van der Waals surface area contributed by atoms with Crippen LogP contribution >= 0.6 is 11.9 Å². The van der Waals surface area contributed by atoms with E-state index >= 15 is 0 Å². The molecule has 0 aromatic rings. The third-order valence-corrected chi connectivity index (χ3v) is 3.88. The minimum atomic E-state index is 0.769. The van der Waals surface area contributed by atoms with E-state index in [1.807, 2.05) is 0 Å². The van der Waals surface area contributed by atoms with Gasteiger partial charge in [-0.2, -0.15) is 0 Å². The minimum absolute atomic E-state index is 0.769. The van der Waals surface area contributed by atoms with Gasteiger partial charge in [0.2, 0.25) is 0 Å². The van der Waals surface area contributed by atoms with Gasteiger partial charge in [0, 0.05) is 32.6 Å². The molecular formula is C14H26N2OS. The van der Waals surface area contributed by atoms with Crippen LogP contribution in [-0.4, -0.2) is 43.3 Å². The lowest BCUT2D eigenvalue weighted by Crippen LogP contribution is -2.29. The summed E-state index contributed by atoms with van der Waals surface area (Å²) in [5.74, 6) is 1.13. The van der Waals surface area contributed by atoms with Gasteiger partial charge >= 0.3 is 0 Å². The molecule has 0 saturated carbocycles. The van der Waals surface area contributed by atoms with E-state index in [0.29, 0.717) is 0 Å². The van der Waals surface area contributed by atoms with E-state index in [2.05, 4.69) is 41.0 Å². The molecule has 0 aliphatic heterocycles. The Balaban J connectivity index is 1.98. The highest BCUT2D eigenvalue weighted by Gasteiger charge is 2.01. The second-order valence-corrected chi connectivity index (χ2v) is 5.14. The lowest BCUT2D eigenvalue weighted by Gasteiger charge is -2.17. The van der Waals surface area contributed by atoms with Crippen molar-refractivity contribution in [1.82, 2.24) is 9.62 Å². The van der Waals surface area contributed by atoms with Crippen LogP contribution in [0.25, 0.3) is 0 Å². The van der Waals surface area contributed by atoms with Crippen LogP contribution in [0.5, 0.6) is 0 Å². The summed E-state index contributed by atoms with van der Waals surface area (Å²) in [5, 5.41) is 3.41. The summed E-state index contributed by atoms with van der Waals surface area (Å²) in [6.45, 7) is 7.09. The van der Waals surface area contributed by atoms with Gasteiger partial charge in [-0.3, -0.25) is 0 Å². The molecule has 1 aliphatic carbocycles. The molecule has 0 unspecified atom stereocenters. The van der Waals surface area contributed by atoms with E-state index in [9.17, 15) is 0 Å². The Labute approximate surface area is 116 Å². The Morgan fingerprint density at radius 3 is 3.11 bits per heavy atom. The van der Waals surface area contributed by atoms with Crippen LogP contribution in [-0.2, 0) is 4.74 Å². The van der Waals surface area contributed by atoms with E-state index in [1.165, 1.54) is 12.8 Å². The Morgan fingerprint density at radius 1 is 1.44 bits per heavy atom. The first-order valence-electron chi connectivity index (χ1n) is 6.85. The van der Waals surface area contributed by atoms with Gasteiger partial charge in [-0.15, -0.1) is 0 Å². The number of likely N-dealkylation sites (N-methyl/N-ethyl adjacent to an activating group) is 1. The van der Waals surface area contributed by atoms with E-state index in [-0.39, 0.29) is 0 Å². The largest absolute Gasteiger partial charge is 0.497 e. The van der Waals surface area contributed by atoms with Crippen molar-refractivity contribution in [3.63, 3.8) is 0 Å². The monoisotopic (exact) mass is 270 g/mol. The molecule has 1 rings (SSSR count). The van der Waals surface area contributed by atoms with Gasteiger partial charge in [0.05, 0.1) is 5.76 Å². The van der Waals surface area contributed by atoms with Crippen LogP contribution < -0.4 is 5.32 Å². The second-order valence-electron chi connectivity index (χ2n) is 4.26. The zero-order valence-corrected chi connectivity index (χ0v) is 12.5. The number of rotatable bonds is 9. The van der Waals surface area contributed by atoms with Gasteiger partial charge in [0.1, 0.15) is 6.61 Å². The fraction of sp³-hybridized carbons (Fsp3) is 0.714. The molecule has 104 valence electrons. The van der Waals surface area contributed by atoms with Crippen LogP contribution in [0.2, 0.25) is 0 Å². The van der Waals surface area contributed by atoms with E-state index in [1.54, 1.807) is 11.9 Å². The van der Waals surface area contributed by atoms with E-state index in [4.69, 9.17) is 4.74 Å². The molecule has 0 amide bonds. The average molecular weight is 270 g/mol. The highest BCUT2D eigenvalue weighted by molar-refractivity contribution is 7.96. The van der Waals surface area contributed by atoms with Crippen molar-refractivity contribution < 1.29 is 4.74 Å². The highest BCUT2D eigenvalue weighted by atomic mass is 32.2. The van der Waals surface area contributed by atoms with Crippen molar-refractivity contribution >= 4 is 11.9 Å². The van der Waals surface area contributed by atoms with Gasteiger partial charge in [-0.1, -0.05) is 31.0 Å². The summed E-state index contributed by atoms with van der Waals surface area (Å²) in [7, 11) is 0. The number of nitrogens with zero attached hydrogens (tertiary/aromatic N) is 1. The first kappa shape index (κ1) is 15.6. The maximum atomic E-state index is 5.75. The topological polar surface area (TPSA) is 24.5 Å². The zero-order valence-electron chi connectivity index (χ0n) is 11.7. The van der Waals surface area contributed by atoms with Crippen LogP contribution in [0, 0.1) is 0 Å². The Morgan fingerprint density at radius 2 is 2.33 bits per heavy atom. The molecule has 0 aromatic carbocycles. The molecule has 0 saturated heterocycles. The average Bonchev–Trinajstić information content (AvgIpc) is 2.67. The summed E-state index contributed by atoms with van der Waals surface area (Å²) in [6.07, 6.45) is 12.0. The van der Waals surface area contributed by atoms with Crippen molar-refractivity contribution in [2.24, 2.45) is 0 Å². The van der Waals surface area contributed by atoms with Crippen molar-refractivity contribution in [2.45, 2.75) is 26.2 Å². The van der Waals surface area contributed by atoms with Crippen molar-refractivity contribution in [1.29, 1.82) is 0 Å². The van der Waals surface area contributed by atoms with Crippen molar-refractivity contribution in [3.05, 3.63) is 24.0 Å². The molecule has 0 fully saturated rings. The normalized spacial score (nSPS) is 15.6. The standard InChI is InChI=1S/C14H26N2OS/c1-3-16(18-2)12-10-15-11-13-17-14-8-6-4-5-7-9-14/h4,6,8,15H,3,5,7,9-13H2,1-2H3. The smallest absolute Gasteiger partial charge is 0.100 e. The molecular weight excluding hydrogens is 244 g/mol. The molecule has 0 bridgehead atoms. The summed E-state index contributed by atoms with van der Waals surface area (Å²) < 4.78 is 8.09. The first-order chi connectivity index (χ1) is 8.86. The van der Waals surface area contributed by atoms with E-state index in [0.717, 1.165) is 45.0 Å². The van der Waals surface area contributed by atoms with Crippen molar-refractivity contribution in [3.8, 4) is 0 Å². The lowest BCUT2D eigenvalue weighted by molar-refractivity contribution is 0.202. The van der Waals surface area contributed by atoms with Crippen LogP contribution in [0.4, 0.5) is 0 Å². The lowest BCUT2D eigenvalue weighted by atomic mass is 10.2. The number of hydrogen-bond donors (Lipinski definition) is 1. The Bertz CT molecular complexity index is 263. The molecule has 0 radical (unpaired) electrons. The predicted molar refractivity (Wildman–Crippen MR) is 80.7 cm³/mol. The van der Waals surface area contributed by atoms with Crippen molar-refractivity contribution in [2.75, 3.05) is 39.0 Å². The number of ether oxygens (including phenoxy) is 1. The number of nitrogens with one attached hydrogen (secondary N) is 1. The molecule has 1 N–H and O–H groups in total. The quantitative estimate of drug-likeness (QED) is 0.514. The maximum Gasteiger partial charge on any atom is 0.100 e. The summed E-state index contributed by atoms with van der Waals surface area (Å²) >= 11 is 1.80. The highest BCUT2D eigenvalue weighted by Crippen LogP contribution is 2.13. The van der Waals surface area contributed by atoms with Gasteiger partial charge in [-0.25, -0.2) is 4.31 Å². The third kappa shape index (κ3) is 7.09. The summed E-state index contributed by atoms with van der Waals surface area (Å²) in [5.41, 5.74) is 0. The fourth-order valence-corrected chi connectivity index (χ4v) is 2.36. The van der Waals surface area contributed by atoms with Gasteiger partial charge < -0.3 is 10.1 Å². The summed E-state index contributed by atoms with van der Waals surface area (Å²) in [4.78, 5) is 0. The zero-order chi connectivity index (χ0) is 13.1. The molecule has 18 heavy (non-hydrogen) atoms. The predicted octanol–water partition coefficient (Wildman–Crippen LogP) is 2.82. The fourth-order valence-electron chi connectivity index (χ4n) is 1.83. The molecule has 0 atom stereocenters. The molecule has 3 nitrogen and oxygen atoms in total. The maximum absolute atomic E-state index is 5.75. The van der Waals surface area contributed by atoms with Gasteiger partial charge in [0.15, 0.2) is 0 Å². The third-order valence-electron chi connectivity index (χ3n) is 2.93. The SMILES string of the molecule is CCN(CCNCCOC1=CC=CCCC1)SC. The number of hydrogen-bond acceptors (Lipinski definition) is 4. The van der Waals surface area contributed by atoms with Gasteiger partial charge in [0.25, 0.3) is 0 Å². The molecule has 0 aromatic heterocycles. The molecule has 0 spiro atoms. The van der Waals surface area contributed by atoms with Gasteiger partial charge in [-0.05, 0) is 25.2 Å². The Kier molecular flexibility index (Phi) is 9.08. The Hall–Kier alpha value is -0.450. The molecule has 4 heteroatoms. The summed E-state index contributed by atoms with van der Waals surface area (Å²) in [6, 6.07) is 0. The van der Waals surface area contributed by atoms with Crippen LogP contribution in [0.15, 0.2) is 24.0 Å². The second kappa shape index (κ2) is 10.5. The first-order valence-corrected chi connectivity index (χ1v) is 8.03. The van der Waals surface area contributed by atoms with Crippen LogP contribution in [0.3, 0.4) is 0 Å². The minimum Gasteiger partial charge on any atom is -0.497 e. The number of allylic oxidation sites excluding steroid dienone is 4.